The molecular weight excluding hydrogens is 459 g/mol. The molecule has 0 saturated heterocycles. The summed E-state index contributed by atoms with van der Waals surface area (Å²) in [7, 11) is 0. The maximum absolute atomic E-state index is 12.9. The van der Waals surface area contributed by atoms with E-state index in [2.05, 4.69) is 4.98 Å². The summed E-state index contributed by atoms with van der Waals surface area (Å²) in [6.07, 6.45) is 0. The maximum atomic E-state index is 12.9. The summed E-state index contributed by atoms with van der Waals surface area (Å²) in [4.78, 5) is 42.0. The number of thioether (sulfide) groups is 1. The molecule has 0 radical (unpaired) electrons. The number of aromatic nitrogens is 2. The van der Waals surface area contributed by atoms with Crippen molar-refractivity contribution in [3.63, 3.8) is 0 Å². The number of carbonyl (C=O) groups is 1. The van der Waals surface area contributed by atoms with Crippen molar-refractivity contribution in [1.82, 2.24) is 9.55 Å². The number of nitrogen functional groups attached to an aromatic ring is 1. The van der Waals surface area contributed by atoms with Gasteiger partial charge in [-0.3, -0.25) is 19.1 Å². The predicted molar refractivity (Wildman–Crippen MR) is 126 cm³/mol. The van der Waals surface area contributed by atoms with Gasteiger partial charge in [-0.25, -0.2) is 4.79 Å². The lowest BCUT2D eigenvalue weighted by Gasteiger charge is -2.23. The fourth-order valence-corrected chi connectivity index (χ4v) is 4.39. The van der Waals surface area contributed by atoms with Crippen LogP contribution < -0.4 is 21.9 Å². The summed E-state index contributed by atoms with van der Waals surface area (Å²) >= 11 is 13.4. The molecule has 3 aromatic rings. The van der Waals surface area contributed by atoms with Crippen LogP contribution in [0.25, 0.3) is 0 Å². The van der Waals surface area contributed by atoms with Crippen LogP contribution in [-0.4, -0.2) is 27.8 Å². The van der Waals surface area contributed by atoms with Gasteiger partial charge in [-0.2, -0.15) is 0 Å². The van der Waals surface area contributed by atoms with Gasteiger partial charge in [0, 0.05) is 16.5 Å². The normalized spacial score (nSPS) is 10.8. The van der Waals surface area contributed by atoms with Gasteiger partial charge in [0.1, 0.15) is 5.82 Å². The van der Waals surface area contributed by atoms with Gasteiger partial charge in [-0.1, -0.05) is 53.5 Å². The Bertz CT molecular complexity index is 1210. The molecule has 0 atom stereocenters. The van der Waals surface area contributed by atoms with Crippen LogP contribution in [0, 0.1) is 0 Å². The summed E-state index contributed by atoms with van der Waals surface area (Å²) < 4.78 is 1.24. The van der Waals surface area contributed by atoms with Crippen LogP contribution in [0.1, 0.15) is 12.5 Å². The second-order valence-corrected chi connectivity index (χ2v) is 8.43. The lowest BCUT2D eigenvalue weighted by molar-refractivity contribution is -0.116. The smallest absolute Gasteiger partial charge is 0.330 e. The number of hydrogen-bond donors (Lipinski definition) is 2. The molecular formula is C21H20Cl2N4O3S. The van der Waals surface area contributed by atoms with E-state index in [0.29, 0.717) is 14.9 Å². The number of nitrogens with zero attached hydrogens (tertiary/aromatic N) is 2. The fraction of sp³-hybridized carbons (Fsp3) is 0.190. The molecule has 0 aliphatic rings. The molecule has 0 spiro atoms. The van der Waals surface area contributed by atoms with Crippen LogP contribution in [0.15, 0.2) is 63.0 Å². The molecule has 31 heavy (non-hydrogen) atoms. The predicted octanol–water partition coefficient (Wildman–Crippen LogP) is 3.62. The van der Waals surface area contributed by atoms with Crippen molar-refractivity contribution in [3.8, 4) is 0 Å². The van der Waals surface area contributed by atoms with E-state index in [-0.39, 0.29) is 36.3 Å². The van der Waals surface area contributed by atoms with Crippen molar-refractivity contribution in [1.29, 1.82) is 0 Å². The molecule has 1 amide bonds. The van der Waals surface area contributed by atoms with Gasteiger partial charge < -0.3 is 10.6 Å². The fourth-order valence-electron chi connectivity index (χ4n) is 3.03. The van der Waals surface area contributed by atoms with Gasteiger partial charge in [0.2, 0.25) is 5.91 Å². The highest BCUT2D eigenvalue weighted by Crippen LogP contribution is 2.30. The van der Waals surface area contributed by atoms with Gasteiger partial charge in [0.05, 0.1) is 17.3 Å². The number of amides is 1. The second-order valence-electron chi connectivity index (χ2n) is 6.57. The number of benzene rings is 2. The quantitative estimate of drug-likeness (QED) is 0.504. The first kappa shape index (κ1) is 23.0. The van der Waals surface area contributed by atoms with E-state index in [1.54, 1.807) is 25.1 Å². The number of halogens is 2. The summed E-state index contributed by atoms with van der Waals surface area (Å²) in [6.45, 7) is 2.08. The van der Waals surface area contributed by atoms with Crippen molar-refractivity contribution in [2.45, 2.75) is 18.4 Å². The third kappa shape index (κ3) is 5.33. The average molecular weight is 479 g/mol. The Kier molecular flexibility index (Phi) is 7.48. The van der Waals surface area contributed by atoms with Crippen LogP contribution in [-0.2, 0) is 11.3 Å². The molecule has 0 aliphatic heterocycles. The van der Waals surface area contributed by atoms with Gasteiger partial charge in [0.15, 0.2) is 5.69 Å². The number of rotatable bonds is 7. The highest BCUT2D eigenvalue weighted by Gasteiger charge is 2.23. The van der Waals surface area contributed by atoms with Gasteiger partial charge in [-0.05, 0) is 30.7 Å². The minimum atomic E-state index is -0.715. The molecule has 7 nitrogen and oxygen atoms in total. The molecule has 0 aliphatic carbocycles. The van der Waals surface area contributed by atoms with E-state index in [0.717, 1.165) is 5.56 Å². The summed E-state index contributed by atoms with van der Waals surface area (Å²) in [6, 6.07) is 14.2. The summed E-state index contributed by atoms with van der Waals surface area (Å²) in [5.41, 5.74) is 5.62. The van der Waals surface area contributed by atoms with Gasteiger partial charge >= 0.3 is 5.69 Å². The summed E-state index contributed by atoms with van der Waals surface area (Å²) in [5.74, 6) is -0.422. The largest absolute Gasteiger partial charge is 0.383 e. The number of hydrogen-bond acceptors (Lipinski definition) is 5. The van der Waals surface area contributed by atoms with E-state index < -0.39 is 11.2 Å². The minimum absolute atomic E-state index is 0.00456. The molecule has 10 heteroatoms. The molecule has 0 bridgehead atoms. The van der Waals surface area contributed by atoms with E-state index in [4.69, 9.17) is 28.9 Å². The van der Waals surface area contributed by atoms with Gasteiger partial charge in [-0.15, -0.1) is 11.8 Å². The van der Waals surface area contributed by atoms with Crippen LogP contribution >= 0.6 is 35.0 Å². The number of nitrogens with one attached hydrogen (secondary N) is 1. The van der Waals surface area contributed by atoms with Crippen LogP contribution in [0.5, 0.6) is 0 Å². The lowest BCUT2D eigenvalue weighted by atomic mass is 10.2. The zero-order valence-corrected chi connectivity index (χ0v) is 18.9. The monoisotopic (exact) mass is 478 g/mol. The van der Waals surface area contributed by atoms with Crippen molar-refractivity contribution >= 4 is 52.4 Å². The average Bonchev–Trinajstić information content (AvgIpc) is 2.75. The van der Waals surface area contributed by atoms with Crippen LogP contribution in [0.4, 0.5) is 11.5 Å². The number of aromatic amines is 1. The van der Waals surface area contributed by atoms with E-state index in [9.17, 15) is 14.4 Å². The van der Waals surface area contributed by atoms with Crippen LogP contribution in [0.3, 0.4) is 0 Å². The highest BCUT2D eigenvalue weighted by molar-refractivity contribution is 8.00. The zero-order valence-electron chi connectivity index (χ0n) is 16.6. The molecule has 0 saturated carbocycles. The molecule has 1 heterocycles. The third-order valence-electron chi connectivity index (χ3n) is 4.53. The molecule has 0 fully saturated rings. The number of nitrogens with two attached hydrogens (primary N) is 1. The van der Waals surface area contributed by atoms with Crippen molar-refractivity contribution in [3.05, 3.63) is 85.0 Å². The minimum Gasteiger partial charge on any atom is -0.383 e. The molecule has 3 rings (SSSR count). The first-order chi connectivity index (χ1) is 14.8. The maximum Gasteiger partial charge on any atom is 0.330 e. The lowest BCUT2D eigenvalue weighted by Crippen LogP contribution is -2.41. The highest BCUT2D eigenvalue weighted by atomic mass is 35.5. The van der Waals surface area contributed by atoms with Crippen molar-refractivity contribution in [2.75, 3.05) is 22.9 Å². The standard InChI is InChI=1S/C21H20Cl2N4O3S/c1-2-26(17(28)12-31-16-10-14(22)8-9-15(16)23)18-19(24)27(21(30)25-20(18)29)11-13-6-4-3-5-7-13/h3-10H,2,11-12,24H2,1H3,(H,25,29,30). The zero-order chi connectivity index (χ0) is 22.5. The molecule has 162 valence electrons. The Balaban J connectivity index is 1.90. The first-order valence-corrected chi connectivity index (χ1v) is 11.1. The molecule has 2 aromatic carbocycles. The first-order valence-electron chi connectivity index (χ1n) is 9.36. The molecule has 0 unspecified atom stereocenters. The third-order valence-corrected chi connectivity index (χ3v) is 6.25. The van der Waals surface area contributed by atoms with Crippen molar-refractivity contribution < 1.29 is 4.79 Å². The van der Waals surface area contributed by atoms with Gasteiger partial charge in [0.25, 0.3) is 5.56 Å². The SMILES string of the molecule is CCN(C(=O)CSc1cc(Cl)ccc1Cl)c1c(N)n(Cc2ccccc2)c(=O)[nH]c1=O. The number of carbonyl (C=O) groups excluding carboxylic acids is 1. The molecule has 3 N–H and O–H groups in total. The van der Waals surface area contributed by atoms with Crippen LogP contribution in [0.2, 0.25) is 10.0 Å². The summed E-state index contributed by atoms with van der Waals surface area (Å²) in [5, 5.41) is 0.972. The Morgan fingerprint density at radius 3 is 2.55 bits per heavy atom. The van der Waals surface area contributed by atoms with E-state index in [1.165, 1.54) is 21.2 Å². The van der Waals surface area contributed by atoms with Crippen molar-refractivity contribution in [2.24, 2.45) is 0 Å². The second kappa shape index (κ2) is 10.1. The number of H-pyrrole nitrogens is 1. The van der Waals surface area contributed by atoms with E-state index in [1.807, 2.05) is 30.3 Å². The molecule has 1 aromatic heterocycles. The Morgan fingerprint density at radius 2 is 1.87 bits per heavy atom. The Labute approximate surface area is 192 Å². The Hall–Kier alpha value is -2.68. The number of anilines is 2. The van der Waals surface area contributed by atoms with E-state index >= 15 is 0 Å². The Morgan fingerprint density at radius 1 is 1.16 bits per heavy atom. The topological polar surface area (TPSA) is 101 Å².